The number of fused-ring (bicyclic) bond motifs is 1. The third kappa shape index (κ3) is 4.08. The predicted octanol–water partition coefficient (Wildman–Crippen LogP) is 4.84. The van der Waals surface area contributed by atoms with Crippen molar-refractivity contribution in [2.75, 3.05) is 33.9 Å². The first kappa shape index (κ1) is 20.4. The molecule has 29 heavy (non-hydrogen) atoms. The van der Waals surface area contributed by atoms with Crippen LogP contribution in [0.5, 0.6) is 11.5 Å². The highest BCUT2D eigenvalue weighted by molar-refractivity contribution is 9.09. The molecule has 2 aromatic rings. The molecule has 0 saturated carbocycles. The van der Waals surface area contributed by atoms with Gasteiger partial charge < -0.3 is 14.4 Å². The van der Waals surface area contributed by atoms with Crippen LogP contribution >= 0.6 is 15.9 Å². The molecule has 4 rings (SSSR count). The quantitative estimate of drug-likeness (QED) is 0.602. The number of halogens is 1. The Labute approximate surface area is 181 Å². The molecule has 2 aromatic carbocycles. The molecule has 2 aliphatic rings. The second-order valence-corrected chi connectivity index (χ2v) is 9.61. The zero-order valence-electron chi connectivity index (χ0n) is 17.1. The van der Waals surface area contributed by atoms with Crippen LogP contribution in [0.4, 0.5) is 0 Å². The Morgan fingerprint density at radius 3 is 2.38 bits per heavy atom. The largest absolute Gasteiger partial charge is 0.493 e. The number of alkyl halides is 1. The van der Waals surface area contributed by atoms with Gasteiger partial charge in [0.15, 0.2) is 17.3 Å². The van der Waals surface area contributed by atoms with E-state index in [9.17, 15) is 4.79 Å². The van der Waals surface area contributed by atoms with Crippen LogP contribution in [0.25, 0.3) is 0 Å². The average molecular weight is 458 g/mol. The molecule has 1 heterocycles. The lowest BCUT2D eigenvalue weighted by molar-refractivity contribution is 0.0836. The fourth-order valence-corrected chi connectivity index (χ4v) is 5.26. The van der Waals surface area contributed by atoms with Crippen molar-refractivity contribution in [3.63, 3.8) is 0 Å². The smallest absolute Gasteiger partial charge is 0.167 e. The molecule has 154 valence electrons. The van der Waals surface area contributed by atoms with Gasteiger partial charge in [0.2, 0.25) is 0 Å². The molecule has 1 aliphatic heterocycles. The molecule has 0 bridgehead atoms. The third-order valence-electron chi connectivity index (χ3n) is 6.43. The predicted molar refractivity (Wildman–Crippen MR) is 118 cm³/mol. The number of methoxy groups -OCH3 is 2. The number of carbonyl (C=O) groups is 1. The minimum Gasteiger partial charge on any atom is -0.493 e. The lowest BCUT2D eigenvalue weighted by Crippen LogP contribution is -2.43. The van der Waals surface area contributed by atoms with Crippen LogP contribution in [-0.2, 0) is 10.7 Å². The Morgan fingerprint density at radius 1 is 1.07 bits per heavy atom. The van der Waals surface area contributed by atoms with Gasteiger partial charge in [0.05, 0.1) is 18.5 Å². The maximum atomic E-state index is 13.2. The van der Waals surface area contributed by atoms with E-state index in [-0.39, 0.29) is 16.0 Å². The Kier molecular flexibility index (Phi) is 5.98. The van der Waals surface area contributed by atoms with Gasteiger partial charge >= 0.3 is 0 Å². The minimum absolute atomic E-state index is 0.0534. The molecule has 0 spiro atoms. The Morgan fingerprint density at radius 2 is 1.72 bits per heavy atom. The van der Waals surface area contributed by atoms with Crippen LogP contribution in [-0.4, -0.2) is 44.5 Å². The van der Waals surface area contributed by atoms with Crippen molar-refractivity contribution in [1.29, 1.82) is 0 Å². The second-order valence-electron chi connectivity index (χ2n) is 8.10. The summed E-state index contributed by atoms with van der Waals surface area (Å²) in [5, 5.41) is 0. The number of hydrogen-bond acceptors (Lipinski definition) is 4. The molecule has 1 atom stereocenters. The lowest BCUT2D eigenvalue weighted by Gasteiger charge is -2.40. The highest BCUT2D eigenvalue weighted by Crippen LogP contribution is 2.42. The van der Waals surface area contributed by atoms with Crippen molar-refractivity contribution in [2.45, 2.75) is 30.0 Å². The van der Waals surface area contributed by atoms with Crippen LogP contribution in [0.1, 0.15) is 40.7 Å². The summed E-state index contributed by atoms with van der Waals surface area (Å²) in [5.74, 6) is 1.62. The number of rotatable bonds is 5. The van der Waals surface area contributed by atoms with Gasteiger partial charge in [0.1, 0.15) is 0 Å². The van der Waals surface area contributed by atoms with Gasteiger partial charge in [0, 0.05) is 18.0 Å². The van der Waals surface area contributed by atoms with E-state index in [1.807, 2.05) is 12.1 Å². The number of piperidine rings is 1. The summed E-state index contributed by atoms with van der Waals surface area (Å²) in [7, 11) is 3.25. The topological polar surface area (TPSA) is 38.8 Å². The fourth-order valence-electron chi connectivity index (χ4n) is 4.64. The number of nitrogens with zero attached hydrogens (tertiary/aromatic N) is 1. The van der Waals surface area contributed by atoms with E-state index in [0.717, 1.165) is 56.4 Å². The van der Waals surface area contributed by atoms with Crippen molar-refractivity contribution < 1.29 is 14.3 Å². The monoisotopic (exact) mass is 457 g/mol. The lowest BCUT2D eigenvalue weighted by atomic mass is 9.81. The molecule has 0 amide bonds. The SMILES string of the molecule is COc1cc2c(cc1OC)C(=O)C(CN1CCC(Br)(c3ccccc3)CC1)CC2. The zero-order valence-corrected chi connectivity index (χ0v) is 18.7. The normalized spacial score (nSPS) is 21.5. The number of benzene rings is 2. The van der Waals surface area contributed by atoms with Gasteiger partial charge in [-0.15, -0.1) is 0 Å². The summed E-state index contributed by atoms with van der Waals surface area (Å²) in [6.45, 7) is 2.84. The molecule has 0 N–H and O–H groups in total. The van der Waals surface area contributed by atoms with Crippen molar-refractivity contribution in [3.8, 4) is 11.5 Å². The minimum atomic E-state index is 0.0534. The van der Waals surface area contributed by atoms with Crippen LogP contribution in [0.2, 0.25) is 0 Å². The number of hydrogen-bond donors (Lipinski definition) is 0. The molecular weight excluding hydrogens is 430 g/mol. The number of Topliss-reactive ketones (excluding diaryl/α,β-unsaturated/α-hetero) is 1. The summed E-state index contributed by atoms with van der Waals surface area (Å²) in [4.78, 5) is 15.6. The van der Waals surface area contributed by atoms with Gasteiger partial charge in [-0.2, -0.15) is 0 Å². The van der Waals surface area contributed by atoms with Crippen molar-refractivity contribution in [3.05, 3.63) is 59.2 Å². The number of ketones is 1. The molecule has 1 aliphatic carbocycles. The van der Waals surface area contributed by atoms with Gasteiger partial charge in [-0.3, -0.25) is 4.79 Å². The fraction of sp³-hybridized carbons (Fsp3) is 0.458. The maximum absolute atomic E-state index is 13.2. The van der Waals surface area contributed by atoms with Crippen LogP contribution < -0.4 is 9.47 Å². The van der Waals surface area contributed by atoms with Crippen molar-refractivity contribution in [1.82, 2.24) is 4.90 Å². The van der Waals surface area contributed by atoms with E-state index in [4.69, 9.17) is 9.47 Å². The molecule has 0 aromatic heterocycles. The van der Waals surface area contributed by atoms with E-state index >= 15 is 0 Å². The van der Waals surface area contributed by atoms with Gasteiger partial charge in [-0.1, -0.05) is 46.3 Å². The van der Waals surface area contributed by atoms with E-state index in [2.05, 4.69) is 51.2 Å². The molecule has 1 saturated heterocycles. The first-order valence-corrected chi connectivity index (χ1v) is 11.1. The summed E-state index contributed by atoms with van der Waals surface area (Å²) in [5.41, 5.74) is 3.23. The van der Waals surface area contributed by atoms with E-state index in [0.29, 0.717) is 11.5 Å². The first-order valence-electron chi connectivity index (χ1n) is 10.3. The van der Waals surface area contributed by atoms with Crippen LogP contribution in [0, 0.1) is 5.92 Å². The Balaban J connectivity index is 1.42. The molecule has 1 fully saturated rings. The molecule has 0 radical (unpaired) electrons. The second kappa shape index (κ2) is 8.49. The van der Waals surface area contributed by atoms with Crippen LogP contribution in [0.3, 0.4) is 0 Å². The van der Waals surface area contributed by atoms with Crippen molar-refractivity contribution in [2.24, 2.45) is 5.92 Å². The van der Waals surface area contributed by atoms with Crippen LogP contribution in [0.15, 0.2) is 42.5 Å². The molecule has 5 heteroatoms. The molecule has 1 unspecified atom stereocenters. The van der Waals surface area contributed by atoms with Gasteiger partial charge in [-0.25, -0.2) is 0 Å². The maximum Gasteiger partial charge on any atom is 0.167 e. The highest BCUT2D eigenvalue weighted by atomic mass is 79.9. The number of ether oxygens (including phenoxy) is 2. The standard InChI is InChI=1S/C24H28BrNO3/c1-28-21-14-17-8-9-18(23(27)20(17)15-22(21)29-2)16-26-12-10-24(25,11-13-26)19-6-4-3-5-7-19/h3-7,14-15,18H,8-13,16H2,1-2H3. The summed E-state index contributed by atoms with van der Waals surface area (Å²) in [6.07, 6.45) is 3.92. The summed E-state index contributed by atoms with van der Waals surface area (Å²) >= 11 is 4.00. The Bertz CT molecular complexity index is 875. The number of aryl methyl sites for hydroxylation is 1. The zero-order chi connectivity index (χ0) is 20.4. The van der Waals surface area contributed by atoms with Gasteiger partial charge in [-0.05, 0) is 62.0 Å². The summed E-state index contributed by atoms with van der Waals surface area (Å²) < 4.78 is 10.9. The van der Waals surface area contributed by atoms with Gasteiger partial charge in [0.25, 0.3) is 0 Å². The Hall–Kier alpha value is -1.85. The van der Waals surface area contributed by atoms with E-state index in [1.165, 1.54) is 5.56 Å². The van der Waals surface area contributed by atoms with E-state index in [1.54, 1.807) is 14.2 Å². The third-order valence-corrected chi connectivity index (χ3v) is 7.68. The average Bonchev–Trinajstić information content (AvgIpc) is 2.77. The molecule has 4 nitrogen and oxygen atoms in total. The number of likely N-dealkylation sites (tertiary alicyclic amines) is 1. The first-order chi connectivity index (χ1) is 14.0. The highest BCUT2D eigenvalue weighted by Gasteiger charge is 2.36. The summed E-state index contributed by atoms with van der Waals surface area (Å²) in [6, 6.07) is 14.5. The number of carbonyl (C=O) groups excluding carboxylic acids is 1. The van der Waals surface area contributed by atoms with E-state index < -0.39 is 0 Å². The molecular formula is C24H28BrNO3. The van der Waals surface area contributed by atoms with Crippen molar-refractivity contribution >= 4 is 21.7 Å².